The van der Waals surface area contributed by atoms with Crippen LogP contribution < -0.4 is 5.73 Å². The Morgan fingerprint density at radius 1 is 1.35 bits per heavy atom. The lowest BCUT2D eigenvalue weighted by molar-refractivity contribution is 0.0740. The molecule has 1 saturated heterocycles. The predicted octanol–water partition coefficient (Wildman–Crippen LogP) is 1.89. The minimum atomic E-state index is 0.00896. The molecule has 1 aromatic carbocycles. The zero-order valence-corrected chi connectivity index (χ0v) is 11.1. The number of nitrogens with zero attached hydrogens (tertiary/aromatic N) is 1. The fourth-order valence-corrected chi connectivity index (χ4v) is 2.24. The lowest BCUT2D eigenvalue weighted by Crippen LogP contribution is -2.33. The summed E-state index contributed by atoms with van der Waals surface area (Å²) in [6, 6.07) is 5.28. The molecule has 1 amide bonds. The molecule has 1 heterocycles. The highest BCUT2D eigenvalue weighted by Crippen LogP contribution is 2.21. The van der Waals surface area contributed by atoms with E-state index in [1.54, 1.807) is 18.2 Å². The first-order chi connectivity index (χ1) is 8.18. The quantitative estimate of drug-likeness (QED) is 0.806. The smallest absolute Gasteiger partial charge is 0.255 e. The molecule has 0 aliphatic carbocycles. The molecular weight excluding hydrogens is 284 g/mol. The lowest BCUT2D eigenvalue weighted by Gasteiger charge is -2.20. The summed E-state index contributed by atoms with van der Waals surface area (Å²) in [5, 5.41) is 0. The molecule has 92 valence electrons. The van der Waals surface area contributed by atoms with Crippen molar-refractivity contribution in [3.63, 3.8) is 0 Å². The number of amides is 1. The van der Waals surface area contributed by atoms with E-state index < -0.39 is 0 Å². The SMILES string of the molecule is Nc1ccc(Br)c(C(=O)N2CCCOCC2)c1. The molecule has 0 spiro atoms. The minimum absolute atomic E-state index is 0.00896. The van der Waals surface area contributed by atoms with Gasteiger partial charge in [0.05, 0.1) is 12.2 Å². The Balaban J connectivity index is 2.20. The van der Waals surface area contributed by atoms with E-state index in [1.807, 2.05) is 4.90 Å². The molecule has 0 bridgehead atoms. The molecule has 1 fully saturated rings. The van der Waals surface area contributed by atoms with E-state index >= 15 is 0 Å². The normalized spacial score (nSPS) is 16.6. The van der Waals surface area contributed by atoms with Crippen LogP contribution in [0.25, 0.3) is 0 Å². The average Bonchev–Trinajstić information content (AvgIpc) is 2.60. The Morgan fingerprint density at radius 3 is 3.00 bits per heavy atom. The zero-order valence-electron chi connectivity index (χ0n) is 9.49. The van der Waals surface area contributed by atoms with Crippen LogP contribution in [0.15, 0.2) is 22.7 Å². The van der Waals surface area contributed by atoms with Gasteiger partial charge in [-0.1, -0.05) is 0 Å². The van der Waals surface area contributed by atoms with E-state index in [9.17, 15) is 4.79 Å². The highest BCUT2D eigenvalue weighted by atomic mass is 79.9. The van der Waals surface area contributed by atoms with Crippen LogP contribution in [-0.2, 0) is 4.74 Å². The second-order valence-corrected chi connectivity index (χ2v) is 4.85. The third kappa shape index (κ3) is 2.98. The monoisotopic (exact) mass is 298 g/mol. The first-order valence-corrected chi connectivity index (χ1v) is 6.40. The van der Waals surface area contributed by atoms with Crippen LogP contribution in [0.4, 0.5) is 5.69 Å². The number of carbonyl (C=O) groups is 1. The predicted molar refractivity (Wildman–Crippen MR) is 69.9 cm³/mol. The largest absolute Gasteiger partial charge is 0.399 e. The third-order valence-corrected chi connectivity index (χ3v) is 3.42. The average molecular weight is 299 g/mol. The van der Waals surface area contributed by atoms with Crippen molar-refractivity contribution < 1.29 is 9.53 Å². The number of hydrogen-bond donors (Lipinski definition) is 1. The third-order valence-electron chi connectivity index (χ3n) is 2.73. The summed E-state index contributed by atoms with van der Waals surface area (Å²) < 4.78 is 6.11. The number of carbonyl (C=O) groups excluding carboxylic acids is 1. The number of rotatable bonds is 1. The molecule has 17 heavy (non-hydrogen) atoms. The van der Waals surface area contributed by atoms with Crippen molar-refractivity contribution in [3.8, 4) is 0 Å². The van der Waals surface area contributed by atoms with Crippen molar-refractivity contribution in [3.05, 3.63) is 28.2 Å². The van der Waals surface area contributed by atoms with Crippen molar-refractivity contribution in [2.24, 2.45) is 0 Å². The molecule has 0 unspecified atom stereocenters. The van der Waals surface area contributed by atoms with E-state index in [4.69, 9.17) is 10.5 Å². The van der Waals surface area contributed by atoms with E-state index in [1.165, 1.54) is 0 Å². The van der Waals surface area contributed by atoms with Gasteiger partial charge in [-0.3, -0.25) is 4.79 Å². The van der Waals surface area contributed by atoms with Crippen molar-refractivity contribution in [2.45, 2.75) is 6.42 Å². The summed E-state index contributed by atoms with van der Waals surface area (Å²) in [5.74, 6) is 0.00896. The summed E-state index contributed by atoms with van der Waals surface area (Å²) in [7, 11) is 0. The number of nitrogen functional groups attached to an aromatic ring is 1. The number of benzene rings is 1. The van der Waals surface area contributed by atoms with Gasteiger partial charge in [0.1, 0.15) is 0 Å². The minimum Gasteiger partial charge on any atom is -0.399 e. The van der Waals surface area contributed by atoms with E-state index in [0.29, 0.717) is 24.4 Å². The van der Waals surface area contributed by atoms with Crippen molar-refractivity contribution in [1.29, 1.82) is 0 Å². The molecule has 0 saturated carbocycles. The molecule has 1 aliphatic heterocycles. The molecule has 0 atom stereocenters. The molecule has 0 radical (unpaired) electrons. The number of anilines is 1. The van der Waals surface area contributed by atoms with Gasteiger partial charge in [0.2, 0.25) is 0 Å². The number of halogens is 1. The molecule has 2 N–H and O–H groups in total. The van der Waals surface area contributed by atoms with Crippen LogP contribution in [0.1, 0.15) is 16.8 Å². The Bertz CT molecular complexity index is 415. The van der Waals surface area contributed by atoms with Gasteiger partial charge < -0.3 is 15.4 Å². The summed E-state index contributed by atoms with van der Waals surface area (Å²) in [6.07, 6.45) is 0.881. The summed E-state index contributed by atoms with van der Waals surface area (Å²) >= 11 is 3.38. The maximum atomic E-state index is 12.3. The fraction of sp³-hybridized carbons (Fsp3) is 0.417. The van der Waals surface area contributed by atoms with Gasteiger partial charge in [0.15, 0.2) is 0 Å². The summed E-state index contributed by atoms with van der Waals surface area (Å²) in [4.78, 5) is 14.1. The number of ether oxygens (including phenoxy) is 1. The molecular formula is C12H15BrN2O2. The Hall–Kier alpha value is -1.07. The van der Waals surface area contributed by atoms with Crippen LogP contribution >= 0.6 is 15.9 Å². The second kappa shape index (κ2) is 5.51. The standard InChI is InChI=1S/C12H15BrN2O2/c13-11-3-2-9(14)8-10(11)12(16)15-4-1-6-17-7-5-15/h2-3,8H,1,4-7,14H2. The van der Waals surface area contributed by atoms with Crippen LogP contribution in [0.3, 0.4) is 0 Å². The maximum absolute atomic E-state index is 12.3. The van der Waals surface area contributed by atoms with Crippen molar-refractivity contribution in [2.75, 3.05) is 32.0 Å². The summed E-state index contributed by atoms with van der Waals surface area (Å²) in [6.45, 7) is 2.70. The van der Waals surface area contributed by atoms with E-state index in [-0.39, 0.29) is 5.91 Å². The molecule has 5 heteroatoms. The molecule has 1 aromatic rings. The van der Waals surface area contributed by atoms with Gasteiger partial charge >= 0.3 is 0 Å². The first-order valence-electron chi connectivity index (χ1n) is 5.60. The van der Waals surface area contributed by atoms with Gasteiger partial charge in [-0.2, -0.15) is 0 Å². The van der Waals surface area contributed by atoms with Crippen LogP contribution in [0, 0.1) is 0 Å². The van der Waals surface area contributed by atoms with Crippen molar-refractivity contribution in [1.82, 2.24) is 4.90 Å². The molecule has 2 rings (SSSR count). The topological polar surface area (TPSA) is 55.6 Å². The Morgan fingerprint density at radius 2 is 2.18 bits per heavy atom. The van der Waals surface area contributed by atoms with Crippen LogP contribution in [0.2, 0.25) is 0 Å². The van der Waals surface area contributed by atoms with Gasteiger partial charge in [-0.15, -0.1) is 0 Å². The highest BCUT2D eigenvalue weighted by Gasteiger charge is 2.19. The van der Waals surface area contributed by atoms with E-state index in [2.05, 4.69) is 15.9 Å². The Kier molecular flexibility index (Phi) is 4.02. The van der Waals surface area contributed by atoms with Gasteiger partial charge in [-0.25, -0.2) is 0 Å². The molecule has 4 nitrogen and oxygen atoms in total. The van der Waals surface area contributed by atoms with Crippen LogP contribution in [0.5, 0.6) is 0 Å². The number of nitrogens with two attached hydrogens (primary N) is 1. The lowest BCUT2D eigenvalue weighted by atomic mass is 10.1. The fourth-order valence-electron chi connectivity index (χ4n) is 1.83. The van der Waals surface area contributed by atoms with Crippen LogP contribution in [-0.4, -0.2) is 37.1 Å². The first kappa shape index (κ1) is 12.4. The van der Waals surface area contributed by atoms with Crippen molar-refractivity contribution >= 4 is 27.5 Å². The van der Waals surface area contributed by atoms with E-state index in [0.717, 1.165) is 24.0 Å². The second-order valence-electron chi connectivity index (χ2n) is 4.00. The maximum Gasteiger partial charge on any atom is 0.255 e. The van der Waals surface area contributed by atoms with Gasteiger partial charge in [0.25, 0.3) is 5.91 Å². The summed E-state index contributed by atoms with van der Waals surface area (Å²) in [5.41, 5.74) is 6.93. The molecule has 0 aromatic heterocycles. The van der Waals surface area contributed by atoms with Gasteiger partial charge in [-0.05, 0) is 40.5 Å². The van der Waals surface area contributed by atoms with Gasteiger partial charge in [0, 0.05) is 29.9 Å². The zero-order chi connectivity index (χ0) is 12.3. The number of hydrogen-bond acceptors (Lipinski definition) is 3. The highest BCUT2D eigenvalue weighted by molar-refractivity contribution is 9.10. The Labute approximate surface area is 109 Å². The molecule has 1 aliphatic rings.